The largest absolute Gasteiger partial charge is 0.387 e. The average molecular weight is 348 g/mol. The van der Waals surface area contributed by atoms with Gasteiger partial charge in [0.25, 0.3) is 0 Å². The minimum Gasteiger partial charge on any atom is -0.387 e. The van der Waals surface area contributed by atoms with Crippen molar-refractivity contribution in [2.24, 2.45) is 0 Å². The molecule has 0 aliphatic carbocycles. The molecule has 2 N–H and O–H groups in total. The number of halogens is 1. The van der Waals surface area contributed by atoms with Crippen LogP contribution in [0.25, 0.3) is 6.08 Å². The fraction of sp³-hybridized carbons (Fsp3) is 0.167. The van der Waals surface area contributed by atoms with Crippen LogP contribution in [0.2, 0.25) is 5.02 Å². The Bertz CT molecular complexity index is 686. The molecular weight excluding hydrogens is 330 g/mol. The van der Waals surface area contributed by atoms with Gasteiger partial charge in [-0.1, -0.05) is 41.9 Å². The lowest BCUT2D eigenvalue weighted by Gasteiger charge is -2.11. The molecule has 0 aromatic heterocycles. The molecule has 0 aliphatic heterocycles. The molecule has 0 spiro atoms. The standard InChI is InChI=1S/C18H18ClNO2S/c1-23-15-9-6-14(7-10-15)17(21)12-20-18(22)11-8-13-4-2-3-5-16(13)19/h2-11,17,21H,12H2,1H3,(H,20,22)/b11-8+/t17-/m1/s1. The van der Waals surface area contributed by atoms with Crippen molar-refractivity contribution in [3.63, 3.8) is 0 Å². The number of hydrogen-bond acceptors (Lipinski definition) is 3. The fourth-order valence-electron chi connectivity index (χ4n) is 1.98. The van der Waals surface area contributed by atoms with Gasteiger partial charge in [0.15, 0.2) is 0 Å². The van der Waals surface area contributed by atoms with Crippen molar-refractivity contribution in [3.05, 3.63) is 70.8 Å². The monoisotopic (exact) mass is 347 g/mol. The number of hydrogen-bond donors (Lipinski definition) is 2. The van der Waals surface area contributed by atoms with Crippen LogP contribution < -0.4 is 5.32 Å². The highest BCUT2D eigenvalue weighted by Gasteiger charge is 2.08. The van der Waals surface area contributed by atoms with Crippen LogP contribution in [0.4, 0.5) is 0 Å². The minimum absolute atomic E-state index is 0.157. The molecule has 2 aromatic rings. The van der Waals surface area contributed by atoms with E-state index in [9.17, 15) is 9.90 Å². The van der Waals surface area contributed by atoms with Gasteiger partial charge in [0.2, 0.25) is 5.91 Å². The molecular formula is C18H18ClNO2S. The first-order valence-corrected chi connectivity index (χ1v) is 8.73. The van der Waals surface area contributed by atoms with Gasteiger partial charge in [-0.25, -0.2) is 0 Å². The van der Waals surface area contributed by atoms with Crippen LogP contribution in [-0.4, -0.2) is 23.8 Å². The van der Waals surface area contributed by atoms with Crippen molar-refractivity contribution >= 4 is 35.3 Å². The number of carbonyl (C=O) groups excluding carboxylic acids is 1. The van der Waals surface area contributed by atoms with Crippen LogP contribution in [0.3, 0.4) is 0 Å². The van der Waals surface area contributed by atoms with Crippen molar-refractivity contribution in [3.8, 4) is 0 Å². The Morgan fingerprint density at radius 3 is 2.61 bits per heavy atom. The molecule has 120 valence electrons. The van der Waals surface area contributed by atoms with Crippen LogP contribution >= 0.6 is 23.4 Å². The predicted molar refractivity (Wildman–Crippen MR) is 96.7 cm³/mol. The van der Waals surface area contributed by atoms with E-state index in [0.717, 1.165) is 16.0 Å². The van der Waals surface area contributed by atoms with E-state index in [-0.39, 0.29) is 12.5 Å². The summed E-state index contributed by atoms with van der Waals surface area (Å²) in [4.78, 5) is 12.9. The minimum atomic E-state index is -0.733. The summed E-state index contributed by atoms with van der Waals surface area (Å²) in [6, 6.07) is 14.9. The van der Waals surface area contributed by atoms with Gasteiger partial charge in [-0.05, 0) is 41.7 Å². The molecule has 2 aromatic carbocycles. The number of thioether (sulfide) groups is 1. The molecule has 5 heteroatoms. The van der Waals surface area contributed by atoms with Crippen LogP contribution in [0, 0.1) is 0 Å². The smallest absolute Gasteiger partial charge is 0.244 e. The van der Waals surface area contributed by atoms with E-state index >= 15 is 0 Å². The molecule has 0 aliphatic rings. The Hall–Kier alpha value is -1.75. The highest BCUT2D eigenvalue weighted by atomic mass is 35.5. The van der Waals surface area contributed by atoms with E-state index in [4.69, 9.17) is 11.6 Å². The average Bonchev–Trinajstić information content (AvgIpc) is 2.59. The lowest BCUT2D eigenvalue weighted by Crippen LogP contribution is -2.26. The first kappa shape index (κ1) is 17.6. The highest BCUT2D eigenvalue weighted by molar-refractivity contribution is 7.98. The van der Waals surface area contributed by atoms with Gasteiger partial charge in [0.1, 0.15) is 0 Å². The lowest BCUT2D eigenvalue weighted by atomic mass is 10.1. The number of rotatable bonds is 6. The molecule has 0 radical (unpaired) electrons. The molecule has 0 heterocycles. The van der Waals surface area contributed by atoms with Crippen LogP contribution in [0.15, 0.2) is 59.5 Å². The molecule has 23 heavy (non-hydrogen) atoms. The Kier molecular flexibility index (Phi) is 6.71. The molecule has 0 fully saturated rings. The van der Waals surface area contributed by atoms with Gasteiger partial charge < -0.3 is 10.4 Å². The van der Waals surface area contributed by atoms with Gasteiger partial charge in [-0.3, -0.25) is 4.79 Å². The summed E-state index contributed by atoms with van der Waals surface area (Å²) in [5.74, 6) is -0.273. The highest BCUT2D eigenvalue weighted by Crippen LogP contribution is 2.19. The first-order valence-electron chi connectivity index (χ1n) is 7.12. The fourth-order valence-corrected chi connectivity index (χ4v) is 2.58. The number of carbonyl (C=O) groups is 1. The van der Waals surface area contributed by atoms with Gasteiger partial charge in [0, 0.05) is 22.5 Å². The lowest BCUT2D eigenvalue weighted by molar-refractivity contribution is -0.116. The third-order valence-electron chi connectivity index (χ3n) is 3.29. The zero-order valence-electron chi connectivity index (χ0n) is 12.7. The first-order chi connectivity index (χ1) is 11.1. The summed E-state index contributed by atoms with van der Waals surface area (Å²) in [5.41, 5.74) is 1.55. The van der Waals surface area contributed by atoms with E-state index in [0.29, 0.717) is 5.02 Å². The molecule has 2 rings (SSSR count). The summed E-state index contributed by atoms with van der Waals surface area (Å²) < 4.78 is 0. The zero-order chi connectivity index (χ0) is 16.7. The quantitative estimate of drug-likeness (QED) is 0.615. The summed E-state index contributed by atoms with van der Waals surface area (Å²) >= 11 is 7.66. The maximum absolute atomic E-state index is 11.8. The second-order valence-corrected chi connectivity index (χ2v) is 6.18. The summed E-state index contributed by atoms with van der Waals surface area (Å²) in [6.45, 7) is 0.157. The van der Waals surface area contributed by atoms with E-state index in [1.807, 2.05) is 48.7 Å². The topological polar surface area (TPSA) is 49.3 Å². The van der Waals surface area contributed by atoms with Crippen molar-refractivity contribution in [1.29, 1.82) is 0 Å². The number of benzene rings is 2. The van der Waals surface area contributed by atoms with E-state index in [1.54, 1.807) is 23.9 Å². The molecule has 0 unspecified atom stereocenters. The van der Waals surface area contributed by atoms with Gasteiger partial charge in [-0.2, -0.15) is 0 Å². The maximum atomic E-state index is 11.8. The molecule has 0 bridgehead atoms. The zero-order valence-corrected chi connectivity index (χ0v) is 14.3. The Labute approximate surface area is 145 Å². The van der Waals surface area contributed by atoms with Crippen molar-refractivity contribution in [2.45, 2.75) is 11.0 Å². The van der Waals surface area contributed by atoms with Crippen LogP contribution in [0.1, 0.15) is 17.2 Å². The third kappa shape index (κ3) is 5.43. The van der Waals surface area contributed by atoms with Gasteiger partial charge in [0.05, 0.1) is 6.10 Å². The van der Waals surface area contributed by atoms with E-state index < -0.39 is 6.10 Å². The number of aliphatic hydroxyl groups is 1. The normalized spacial score (nSPS) is 12.3. The third-order valence-corrected chi connectivity index (χ3v) is 4.38. The summed E-state index contributed by atoms with van der Waals surface area (Å²) in [5, 5.41) is 13.4. The number of nitrogens with one attached hydrogen (secondary N) is 1. The molecule has 3 nitrogen and oxygen atoms in total. The van der Waals surface area contributed by atoms with E-state index in [2.05, 4.69) is 5.32 Å². The van der Waals surface area contributed by atoms with Crippen molar-refractivity contribution in [1.82, 2.24) is 5.32 Å². The van der Waals surface area contributed by atoms with Gasteiger partial charge >= 0.3 is 0 Å². The number of amides is 1. The Morgan fingerprint density at radius 1 is 1.26 bits per heavy atom. The molecule has 1 amide bonds. The van der Waals surface area contributed by atoms with Gasteiger partial charge in [-0.15, -0.1) is 11.8 Å². The summed E-state index contributed by atoms with van der Waals surface area (Å²) in [6.07, 6.45) is 4.32. The molecule has 0 saturated heterocycles. The number of aliphatic hydroxyl groups excluding tert-OH is 1. The van der Waals surface area contributed by atoms with Crippen molar-refractivity contribution in [2.75, 3.05) is 12.8 Å². The second kappa shape index (κ2) is 8.77. The molecule has 1 atom stereocenters. The summed E-state index contributed by atoms with van der Waals surface area (Å²) in [7, 11) is 0. The Balaban J connectivity index is 1.87. The molecule has 0 saturated carbocycles. The van der Waals surface area contributed by atoms with Crippen molar-refractivity contribution < 1.29 is 9.90 Å². The predicted octanol–water partition coefficient (Wildman–Crippen LogP) is 3.92. The second-order valence-electron chi connectivity index (χ2n) is 4.89. The Morgan fingerprint density at radius 2 is 1.96 bits per heavy atom. The van der Waals surface area contributed by atoms with Crippen LogP contribution in [-0.2, 0) is 4.79 Å². The maximum Gasteiger partial charge on any atom is 0.244 e. The van der Waals surface area contributed by atoms with E-state index in [1.165, 1.54) is 6.08 Å². The van der Waals surface area contributed by atoms with Crippen LogP contribution in [0.5, 0.6) is 0 Å². The SMILES string of the molecule is CSc1ccc([C@H](O)CNC(=O)/C=C/c2ccccc2Cl)cc1.